The summed E-state index contributed by atoms with van der Waals surface area (Å²) in [6.45, 7) is -0.252. The van der Waals surface area contributed by atoms with E-state index in [9.17, 15) is 29.1 Å². The Morgan fingerprint density at radius 1 is 0.972 bits per heavy atom. The van der Waals surface area contributed by atoms with Crippen molar-refractivity contribution in [3.63, 3.8) is 0 Å². The van der Waals surface area contributed by atoms with Gasteiger partial charge in [-0.15, -0.1) is 0 Å². The van der Waals surface area contributed by atoms with Crippen molar-refractivity contribution in [1.29, 1.82) is 5.41 Å². The van der Waals surface area contributed by atoms with Crippen molar-refractivity contribution in [2.45, 2.75) is 24.9 Å². The molecule has 0 aliphatic heterocycles. The van der Waals surface area contributed by atoms with E-state index in [0.717, 1.165) is 0 Å². The van der Waals surface area contributed by atoms with Crippen molar-refractivity contribution in [2.75, 3.05) is 16.8 Å². The Morgan fingerprint density at radius 3 is 2.11 bits per heavy atom. The van der Waals surface area contributed by atoms with Crippen LogP contribution in [0, 0.1) is 5.41 Å². The smallest absolute Gasteiger partial charge is 0.334 e. The third kappa shape index (κ3) is 7.63. The molecule has 0 unspecified atom stereocenters. The van der Waals surface area contributed by atoms with Crippen LogP contribution in [0.25, 0.3) is 0 Å². The highest BCUT2D eigenvalue weighted by Gasteiger charge is 2.38. The molecule has 0 bridgehead atoms. The van der Waals surface area contributed by atoms with Crippen LogP contribution in [0.15, 0.2) is 54.6 Å². The number of nitrogen functional groups attached to an aromatic ring is 1. The van der Waals surface area contributed by atoms with Crippen molar-refractivity contribution in [3.05, 3.63) is 60.2 Å². The lowest BCUT2D eigenvalue weighted by Crippen LogP contribution is -2.55. The molecule has 13 heteroatoms. The molecule has 13 nitrogen and oxygen atoms in total. The van der Waals surface area contributed by atoms with Crippen molar-refractivity contribution >= 4 is 46.9 Å². The van der Waals surface area contributed by atoms with Crippen LogP contribution >= 0.6 is 0 Å². The van der Waals surface area contributed by atoms with E-state index in [-0.39, 0.29) is 18.1 Å². The number of Topliss-reactive ketones (excluding diaryl/α,β-unsaturated/α-hetero) is 1. The average molecular weight is 498 g/mol. The lowest BCUT2D eigenvalue weighted by molar-refractivity contribution is -0.144. The van der Waals surface area contributed by atoms with E-state index in [0.29, 0.717) is 16.2 Å². The predicted octanol–water partition coefficient (Wildman–Crippen LogP) is 0.340. The number of amidine groups is 1. The number of carbonyl (C=O) groups excluding carboxylic acids is 3. The van der Waals surface area contributed by atoms with Gasteiger partial charge in [0.15, 0.2) is 11.8 Å². The van der Waals surface area contributed by atoms with Crippen LogP contribution in [-0.2, 0) is 19.2 Å². The molecule has 0 heterocycles. The van der Waals surface area contributed by atoms with Gasteiger partial charge in [0.2, 0.25) is 5.91 Å². The zero-order chi connectivity index (χ0) is 26.8. The number of benzene rings is 2. The topological polar surface area (TPSA) is 229 Å². The van der Waals surface area contributed by atoms with Crippen molar-refractivity contribution in [1.82, 2.24) is 5.32 Å². The van der Waals surface area contributed by atoms with Crippen LogP contribution in [0.3, 0.4) is 0 Å². The van der Waals surface area contributed by atoms with Crippen LogP contribution in [0.2, 0.25) is 0 Å². The highest BCUT2D eigenvalue weighted by Crippen LogP contribution is 2.20. The first-order chi connectivity index (χ1) is 17.0. The molecule has 0 aromatic heterocycles. The molecule has 36 heavy (non-hydrogen) atoms. The molecule has 2 aromatic rings. The number of hydrogen-bond donors (Lipinski definition) is 7. The van der Waals surface area contributed by atoms with Crippen molar-refractivity contribution < 1.29 is 34.2 Å². The van der Waals surface area contributed by atoms with Crippen LogP contribution < -0.4 is 27.0 Å². The van der Waals surface area contributed by atoms with Crippen LogP contribution in [0.4, 0.5) is 16.2 Å². The molecule has 2 aromatic carbocycles. The summed E-state index contributed by atoms with van der Waals surface area (Å²) in [5.74, 6) is -5.11. The first kappa shape index (κ1) is 27.5. The lowest BCUT2D eigenvalue weighted by Gasteiger charge is -2.30. The number of nitrogens with one attached hydrogen (secondary N) is 3. The number of carboxylic acid groups (broad SMARTS) is 2. The molecule has 2 atom stereocenters. The molecular formula is C23H26N6O7. The molecule has 9 N–H and O–H groups in total. The van der Waals surface area contributed by atoms with E-state index in [2.05, 4.69) is 10.6 Å². The highest BCUT2D eigenvalue weighted by molar-refractivity contribution is 6.14. The number of carboxylic acids is 2. The predicted molar refractivity (Wildman–Crippen MR) is 130 cm³/mol. The number of nitrogens with two attached hydrogens (primary N) is 2. The molecule has 0 saturated carbocycles. The fourth-order valence-corrected chi connectivity index (χ4v) is 3.18. The van der Waals surface area contributed by atoms with Gasteiger partial charge < -0.3 is 32.3 Å². The molecule has 0 aliphatic carbocycles. The molecule has 0 spiro atoms. The minimum Gasteiger partial charge on any atom is -0.481 e. The summed E-state index contributed by atoms with van der Waals surface area (Å²) in [4.78, 5) is 61.6. The van der Waals surface area contributed by atoms with Gasteiger partial charge in [-0.2, -0.15) is 0 Å². The van der Waals surface area contributed by atoms with E-state index in [4.69, 9.17) is 22.0 Å². The lowest BCUT2D eigenvalue weighted by atomic mass is 10.0. The van der Waals surface area contributed by atoms with Gasteiger partial charge in [0, 0.05) is 29.9 Å². The number of nitrogens with zero attached hydrogens (tertiary/aromatic N) is 1. The summed E-state index contributed by atoms with van der Waals surface area (Å²) >= 11 is 0. The fourth-order valence-electron chi connectivity index (χ4n) is 3.18. The zero-order valence-electron chi connectivity index (χ0n) is 19.0. The normalized spacial score (nSPS) is 12.0. The zero-order valence-corrected chi connectivity index (χ0v) is 19.0. The van der Waals surface area contributed by atoms with Gasteiger partial charge in [0.25, 0.3) is 0 Å². The van der Waals surface area contributed by atoms with E-state index >= 15 is 0 Å². The van der Waals surface area contributed by atoms with Gasteiger partial charge in [0.1, 0.15) is 5.84 Å². The Labute approximate surface area is 205 Å². The summed E-state index contributed by atoms with van der Waals surface area (Å²) < 4.78 is 0. The molecule has 2 rings (SSSR count). The molecule has 3 amide bonds. The number of carbonyl (C=O) groups is 5. The second-order valence-corrected chi connectivity index (χ2v) is 7.58. The fraction of sp³-hybridized carbons (Fsp3) is 0.217. The Hall–Kier alpha value is -4.78. The second kappa shape index (κ2) is 12.6. The molecule has 0 fully saturated rings. The number of amides is 3. The number of aliphatic carboxylic acids is 2. The maximum Gasteiger partial charge on any atom is 0.334 e. The van der Waals surface area contributed by atoms with Gasteiger partial charge in [-0.3, -0.25) is 24.7 Å². The maximum atomic E-state index is 12.9. The van der Waals surface area contributed by atoms with Gasteiger partial charge in [0.05, 0.1) is 12.5 Å². The first-order valence-corrected chi connectivity index (χ1v) is 10.6. The van der Waals surface area contributed by atoms with Gasteiger partial charge >= 0.3 is 18.0 Å². The largest absolute Gasteiger partial charge is 0.481 e. The van der Waals surface area contributed by atoms with Crippen LogP contribution in [-0.4, -0.2) is 64.3 Å². The number of anilines is 2. The second-order valence-electron chi connectivity index (χ2n) is 7.58. The first-order valence-electron chi connectivity index (χ1n) is 10.6. The molecular weight excluding hydrogens is 472 g/mol. The SMILES string of the molecule is N=C(N)c1ccc(NC(=O)NCCC(=O)[C@@H](C(=O)O)N(C(=O)[C@@H](N)CC(=O)O)c2ccccc2)cc1. The highest BCUT2D eigenvalue weighted by atomic mass is 16.4. The van der Waals surface area contributed by atoms with E-state index < -0.39 is 54.6 Å². The third-order valence-electron chi connectivity index (χ3n) is 4.89. The quantitative estimate of drug-likeness (QED) is 0.121. The Kier molecular flexibility index (Phi) is 9.63. The van der Waals surface area contributed by atoms with Gasteiger partial charge in [-0.25, -0.2) is 9.59 Å². The average Bonchev–Trinajstić information content (AvgIpc) is 2.82. The van der Waals surface area contributed by atoms with E-state index in [1.807, 2.05) is 0 Å². The summed E-state index contributed by atoms with van der Waals surface area (Å²) in [7, 11) is 0. The Bertz CT molecular complexity index is 1140. The van der Waals surface area contributed by atoms with Crippen LogP contribution in [0.5, 0.6) is 0 Å². The summed E-state index contributed by atoms with van der Waals surface area (Å²) in [6, 6.07) is 9.24. The van der Waals surface area contributed by atoms with E-state index in [1.165, 1.54) is 48.5 Å². The van der Waals surface area contributed by atoms with Crippen molar-refractivity contribution in [3.8, 4) is 0 Å². The maximum absolute atomic E-state index is 12.9. The van der Waals surface area contributed by atoms with Crippen LogP contribution in [0.1, 0.15) is 18.4 Å². The Morgan fingerprint density at radius 2 is 1.58 bits per heavy atom. The van der Waals surface area contributed by atoms with E-state index in [1.54, 1.807) is 6.07 Å². The summed E-state index contributed by atoms with van der Waals surface area (Å²) in [5.41, 5.74) is 11.9. The van der Waals surface area contributed by atoms with Gasteiger partial charge in [-0.05, 0) is 36.4 Å². The Balaban J connectivity index is 2.10. The molecule has 190 valence electrons. The van der Waals surface area contributed by atoms with Crippen molar-refractivity contribution in [2.24, 2.45) is 11.5 Å². The molecule has 0 saturated heterocycles. The molecule has 0 radical (unpaired) electrons. The summed E-state index contributed by atoms with van der Waals surface area (Å²) in [6.07, 6.45) is -1.21. The third-order valence-corrected chi connectivity index (χ3v) is 4.89. The minimum atomic E-state index is -2.00. The minimum absolute atomic E-state index is 0.0452. The molecule has 0 aliphatic rings. The standard InChI is InChI=1S/C23H26N6O7/c24-16(12-18(31)32)21(33)29(15-4-2-1-3-5-15)19(22(34)35)17(30)10-11-27-23(36)28-14-8-6-13(7-9-14)20(25)26/h1-9,16,19H,10-12,24H2,(H3,25,26)(H,31,32)(H,34,35)(H2,27,28,36)/t16-,19-/m0/s1. The number of ketones is 1. The number of urea groups is 1. The number of rotatable bonds is 12. The monoisotopic (exact) mass is 498 g/mol. The number of hydrogen-bond acceptors (Lipinski definition) is 7. The summed E-state index contributed by atoms with van der Waals surface area (Å²) in [5, 5.41) is 31.0. The van der Waals surface area contributed by atoms with Gasteiger partial charge in [-0.1, -0.05) is 18.2 Å². The number of para-hydroxylation sites is 1.